The molecule has 0 aliphatic heterocycles. The Balaban J connectivity index is 2.78. The van der Waals surface area contributed by atoms with Crippen LogP contribution < -0.4 is 10.5 Å². The summed E-state index contributed by atoms with van der Waals surface area (Å²) in [7, 11) is 0. The van der Waals surface area contributed by atoms with Crippen molar-refractivity contribution in [3.8, 4) is 5.75 Å². The summed E-state index contributed by atoms with van der Waals surface area (Å²) in [5, 5.41) is 0. The molecular formula is C13H20FNO. The molecule has 16 heavy (non-hydrogen) atoms. The third-order valence-corrected chi connectivity index (χ3v) is 2.55. The maximum absolute atomic E-state index is 13.1. The summed E-state index contributed by atoms with van der Waals surface area (Å²) in [4.78, 5) is 0. The van der Waals surface area contributed by atoms with E-state index in [-0.39, 0.29) is 5.82 Å². The van der Waals surface area contributed by atoms with E-state index >= 15 is 0 Å². The number of nitrogens with two attached hydrogens (primary N) is 1. The zero-order chi connectivity index (χ0) is 12.0. The fourth-order valence-electron chi connectivity index (χ4n) is 1.77. The Morgan fingerprint density at radius 3 is 2.81 bits per heavy atom. The predicted molar refractivity (Wildman–Crippen MR) is 64.1 cm³/mol. The maximum Gasteiger partial charge on any atom is 0.123 e. The van der Waals surface area contributed by atoms with Gasteiger partial charge in [0.2, 0.25) is 0 Å². The van der Waals surface area contributed by atoms with Gasteiger partial charge in [0.15, 0.2) is 0 Å². The Kier molecular flexibility index (Phi) is 5.26. The number of hydrogen-bond acceptors (Lipinski definition) is 2. The Hall–Kier alpha value is -1.09. The Morgan fingerprint density at radius 1 is 1.44 bits per heavy atom. The van der Waals surface area contributed by atoms with Crippen LogP contribution in [0.2, 0.25) is 0 Å². The van der Waals surface area contributed by atoms with E-state index in [9.17, 15) is 4.39 Å². The summed E-state index contributed by atoms with van der Waals surface area (Å²) < 4.78 is 18.6. The fraction of sp³-hybridized carbons (Fsp3) is 0.538. The van der Waals surface area contributed by atoms with Crippen LogP contribution in [0.3, 0.4) is 0 Å². The minimum atomic E-state index is -0.210. The van der Waals surface area contributed by atoms with Crippen LogP contribution in [0, 0.1) is 11.7 Å². The van der Waals surface area contributed by atoms with Gasteiger partial charge in [0.25, 0.3) is 0 Å². The Bertz CT molecular complexity index is 328. The Morgan fingerprint density at radius 2 is 2.19 bits per heavy atom. The van der Waals surface area contributed by atoms with Crippen LogP contribution in [0.15, 0.2) is 18.2 Å². The molecule has 0 spiro atoms. The molecule has 0 bridgehead atoms. The van der Waals surface area contributed by atoms with Crippen molar-refractivity contribution in [2.24, 2.45) is 11.7 Å². The molecule has 2 nitrogen and oxygen atoms in total. The first-order valence-electron chi connectivity index (χ1n) is 5.78. The third kappa shape index (κ3) is 3.81. The van der Waals surface area contributed by atoms with E-state index in [4.69, 9.17) is 10.5 Å². The molecule has 1 unspecified atom stereocenters. The van der Waals surface area contributed by atoms with Crippen LogP contribution in [0.25, 0.3) is 0 Å². The van der Waals surface area contributed by atoms with E-state index in [0.717, 1.165) is 24.2 Å². The summed E-state index contributed by atoms with van der Waals surface area (Å²) >= 11 is 0. The molecule has 0 aromatic heterocycles. The van der Waals surface area contributed by atoms with Crippen LogP contribution in [0.5, 0.6) is 5.75 Å². The second kappa shape index (κ2) is 6.48. The van der Waals surface area contributed by atoms with Crippen molar-refractivity contribution in [1.82, 2.24) is 0 Å². The van der Waals surface area contributed by atoms with Crippen molar-refractivity contribution in [1.29, 1.82) is 0 Å². The van der Waals surface area contributed by atoms with Gasteiger partial charge in [-0.3, -0.25) is 0 Å². The molecule has 1 aromatic carbocycles. The number of halogens is 1. The Labute approximate surface area is 96.6 Å². The first kappa shape index (κ1) is 13.0. The van der Waals surface area contributed by atoms with Gasteiger partial charge in [0.05, 0.1) is 6.61 Å². The first-order chi connectivity index (χ1) is 7.67. The predicted octanol–water partition coefficient (Wildman–Crippen LogP) is 2.75. The zero-order valence-electron chi connectivity index (χ0n) is 10.0. The molecule has 0 saturated carbocycles. The molecule has 90 valence electrons. The fourth-order valence-corrected chi connectivity index (χ4v) is 1.77. The standard InChI is InChI=1S/C13H20FNO/c1-3-16-13-5-4-12(14)9-11(13)8-10(2)6-7-15/h4-5,9-10H,3,6-8,15H2,1-2H3. The van der Waals surface area contributed by atoms with E-state index in [2.05, 4.69) is 6.92 Å². The van der Waals surface area contributed by atoms with Crippen molar-refractivity contribution < 1.29 is 9.13 Å². The second-order valence-electron chi connectivity index (χ2n) is 4.07. The highest BCUT2D eigenvalue weighted by Crippen LogP contribution is 2.23. The van der Waals surface area contributed by atoms with E-state index in [1.807, 2.05) is 6.92 Å². The summed E-state index contributed by atoms with van der Waals surface area (Å²) in [6, 6.07) is 4.68. The minimum Gasteiger partial charge on any atom is -0.494 e. The first-order valence-corrected chi connectivity index (χ1v) is 5.78. The molecule has 1 aromatic rings. The van der Waals surface area contributed by atoms with Crippen LogP contribution >= 0.6 is 0 Å². The average molecular weight is 225 g/mol. The maximum atomic E-state index is 13.1. The molecule has 2 N–H and O–H groups in total. The van der Waals surface area contributed by atoms with Gasteiger partial charge in [-0.25, -0.2) is 4.39 Å². The van der Waals surface area contributed by atoms with Gasteiger partial charge in [-0.1, -0.05) is 6.92 Å². The summed E-state index contributed by atoms with van der Waals surface area (Å²) in [6.07, 6.45) is 1.76. The quantitative estimate of drug-likeness (QED) is 0.808. The van der Waals surface area contributed by atoms with Crippen molar-refractivity contribution in [3.63, 3.8) is 0 Å². The van der Waals surface area contributed by atoms with E-state index in [1.54, 1.807) is 12.1 Å². The molecule has 0 aliphatic rings. The van der Waals surface area contributed by atoms with Crippen molar-refractivity contribution >= 4 is 0 Å². The average Bonchev–Trinajstić information content (AvgIpc) is 2.22. The summed E-state index contributed by atoms with van der Waals surface area (Å²) in [5.41, 5.74) is 6.44. The minimum absolute atomic E-state index is 0.210. The smallest absolute Gasteiger partial charge is 0.123 e. The summed E-state index contributed by atoms with van der Waals surface area (Å²) in [5.74, 6) is 1.03. The molecule has 0 heterocycles. The highest BCUT2D eigenvalue weighted by atomic mass is 19.1. The van der Waals surface area contributed by atoms with Gasteiger partial charge in [0.1, 0.15) is 11.6 Å². The third-order valence-electron chi connectivity index (χ3n) is 2.55. The van der Waals surface area contributed by atoms with Gasteiger partial charge < -0.3 is 10.5 Å². The lowest BCUT2D eigenvalue weighted by Gasteiger charge is -2.14. The number of benzene rings is 1. The van der Waals surface area contributed by atoms with E-state index < -0.39 is 0 Å². The van der Waals surface area contributed by atoms with Crippen LogP contribution in [-0.2, 0) is 6.42 Å². The summed E-state index contributed by atoms with van der Waals surface area (Å²) in [6.45, 7) is 5.31. The van der Waals surface area contributed by atoms with Gasteiger partial charge in [-0.2, -0.15) is 0 Å². The van der Waals surface area contributed by atoms with Crippen LogP contribution in [0.1, 0.15) is 25.8 Å². The molecule has 0 amide bonds. The van der Waals surface area contributed by atoms with Crippen molar-refractivity contribution in [2.75, 3.05) is 13.2 Å². The largest absolute Gasteiger partial charge is 0.494 e. The molecule has 0 aliphatic carbocycles. The van der Waals surface area contributed by atoms with Gasteiger partial charge in [-0.15, -0.1) is 0 Å². The lowest BCUT2D eigenvalue weighted by molar-refractivity contribution is 0.333. The molecule has 3 heteroatoms. The van der Waals surface area contributed by atoms with Crippen molar-refractivity contribution in [3.05, 3.63) is 29.6 Å². The molecular weight excluding hydrogens is 205 g/mol. The van der Waals surface area contributed by atoms with Crippen LogP contribution in [0.4, 0.5) is 4.39 Å². The van der Waals surface area contributed by atoms with Crippen molar-refractivity contribution in [2.45, 2.75) is 26.7 Å². The normalized spacial score (nSPS) is 12.5. The molecule has 0 fully saturated rings. The van der Waals surface area contributed by atoms with Gasteiger partial charge in [0, 0.05) is 0 Å². The zero-order valence-corrected chi connectivity index (χ0v) is 10.0. The van der Waals surface area contributed by atoms with E-state index in [0.29, 0.717) is 19.1 Å². The number of rotatable bonds is 6. The lowest BCUT2D eigenvalue weighted by atomic mass is 9.97. The van der Waals surface area contributed by atoms with Crippen LogP contribution in [-0.4, -0.2) is 13.2 Å². The number of ether oxygens (including phenoxy) is 1. The lowest BCUT2D eigenvalue weighted by Crippen LogP contribution is -2.09. The van der Waals surface area contributed by atoms with E-state index in [1.165, 1.54) is 6.07 Å². The molecule has 0 radical (unpaired) electrons. The highest BCUT2D eigenvalue weighted by molar-refractivity contribution is 5.34. The second-order valence-corrected chi connectivity index (χ2v) is 4.07. The topological polar surface area (TPSA) is 35.2 Å². The molecule has 1 atom stereocenters. The van der Waals surface area contributed by atoms with Gasteiger partial charge in [-0.05, 0) is 56.0 Å². The highest BCUT2D eigenvalue weighted by Gasteiger charge is 2.09. The number of hydrogen-bond donors (Lipinski definition) is 1. The molecule has 0 saturated heterocycles. The molecule has 1 rings (SSSR count). The van der Waals surface area contributed by atoms with Gasteiger partial charge >= 0.3 is 0 Å². The SMILES string of the molecule is CCOc1ccc(F)cc1CC(C)CCN. The monoisotopic (exact) mass is 225 g/mol.